The minimum Gasteiger partial charge on any atom is -0.320 e. The molecule has 0 bridgehead atoms. The van der Waals surface area contributed by atoms with Crippen molar-refractivity contribution in [1.29, 1.82) is 0 Å². The van der Waals surface area contributed by atoms with Gasteiger partial charge in [0.25, 0.3) is 0 Å². The molecule has 1 aliphatic heterocycles. The largest absolute Gasteiger partial charge is 0.320 e. The van der Waals surface area contributed by atoms with Gasteiger partial charge in [0.1, 0.15) is 5.82 Å². The third-order valence-corrected chi connectivity index (χ3v) is 6.07. The van der Waals surface area contributed by atoms with E-state index in [1.165, 1.54) is 10.4 Å². The van der Waals surface area contributed by atoms with Gasteiger partial charge in [0, 0.05) is 24.4 Å². The molecule has 0 saturated carbocycles. The van der Waals surface area contributed by atoms with Gasteiger partial charge in [0.05, 0.1) is 11.4 Å². The minimum atomic E-state index is -3.65. The zero-order valence-electron chi connectivity index (χ0n) is 11.5. The summed E-state index contributed by atoms with van der Waals surface area (Å²) in [7, 11) is -3.65. The summed E-state index contributed by atoms with van der Waals surface area (Å²) in [6.07, 6.45) is 0.814. The van der Waals surface area contributed by atoms with Crippen LogP contribution in [0.25, 0.3) is 0 Å². The molecule has 7 heteroatoms. The highest BCUT2D eigenvalue weighted by atomic mass is 32.2. The van der Waals surface area contributed by atoms with Crippen molar-refractivity contribution in [3.05, 3.63) is 29.6 Å². The maximum absolute atomic E-state index is 13.4. The normalized spacial score (nSPS) is 16.9. The molecule has 0 radical (unpaired) electrons. The zero-order valence-corrected chi connectivity index (χ0v) is 13.1. The molecule has 1 saturated heterocycles. The fraction of sp³-hybridized carbons (Fsp3) is 0.429. The number of rotatable bonds is 2. The quantitative estimate of drug-likeness (QED) is 0.830. The number of thioether (sulfide) groups is 1. The second kappa shape index (κ2) is 7.27. The lowest BCUT2D eigenvalue weighted by atomic mass is 10.2. The molecule has 114 valence electrons. The van der Waals surface area contributed by atoms with Gasteiger partial charge in [-0.15, -0.1) is 0 Å². The number of benzene rings is 1. The van der Waals surface area contributed by atoms with E-state index in [0.29, 0.717) is 13.1 Å². The van der Waals surface area contributed by atoms with Crippen molar-refractivity contribution in [2.24, 2.45) is 5.73 Å². The number of nitrogens with two attached hydrogens (primary N) is 1. The molecule has 1 heterocycles. The number of sulfonamides is 1. The van der Waals surface area contributed by atoms with Crippen LogP contribution in [0.3, 0.4) is 0 Å². The second-order valence-corrected chi connectivity index (χ2v) is 7.65. The van der Waals surface area contributed by atoms with Gasteiger partial charge in [0.15, 0.2) is 0 Å². The van der Waals surface area contributed by atoms with Gasteiger partial charge >= 0.3 is 0 Å². The van der Waals surface area contributed by atoms with Crippen LogP contribution < -0.4 is 5.73 Å². The van der Waals surface area contributed by atoms with Crippen LogP contribution in [0.2, 0.25) is 0 Å². The smallest absolute Gasteiger partial charge is 0.244 e. The third-order valence-electron chi connectivity index (χ3n) is 3.07. The number of hydrogen-bond donors (Lipinski definition) is 1. The highest BCUT2D eigenvalue weighted by Gasteiger charge is 2.27. The molecule has 0 aliphatic carbocycles. The highest BCUT2D eigenvalue weighted by Crippen LogP contribution is 2.23. The number of nitrogens with zero attached hydrogens (tertiary/aromatic N) is 1. The summed E-state index contributed by atoms with van der Waals surface area (Å²) in [5, 5.41) is 0. The Morgan fingerprint density at radius 2 is 2.14 bits per heavy atom. The fourth-order valence-corrected chi connectivity index (χ4v) is 4.68. The monoisotopic (exact) mass is 328 g/mol. The molecular formula is C14H17FN2O2S2. The average Bonchev–Trinajstić information content (AvgIpc) is 2.74. The summed E-state index contributed by atoms with van der Waals surface area (Å²) < 4.78 is 40.3. The lowest BCUT2D eigenvalue weighted by Crippen LogP contribution is -2.33. The van der Waals surface area contributed by atoms with Gasteiger partial charge in [-0.05, 0) is 30.4 Å². The first kappa shape index (κ1) is 16.3. The molecule has 1 fully saturated rings. The second-order valence-electron chi connectivity index (χ2n) is 4.52. The van der Waals surface area contributed by atoms with Crippen molar-refractivity contribution in [3.63, 3.8) is 0 Å². The predicted molar refractivity (Wildman–Crippen MR) is 83.0 cm³/mol. The molecule has 0 unspecified atom stereocenters. The lowest BCUT2D eigenvalue weighted by Gasteiger charge is -2.20. The Bertz CT molecular complexity index is 657. The van der Waals surface area contributed by atoms with Crippen molar-refractivity contribution in [3.8, 4) is 11.8 Å². The van der Waals surface area contributed by atoms with Gasteiger partial charge in [0.2, 0.25) is 10.0 Å². The van der Waals surface area contributed by atoms with E-state index in [9.17, 15) is 12.8 Å². The molecule has 4 nitrogen and oxygen atoms in total. The molecule has 0 amide bonds. The van der Waals surface area contributed by atoms with E-state index in [0.717, 1.165) is 30.1 Å². The Balaban J connectivity index is 2.43. The van der Waals surface area contributed by atoms with Crippen molar-refractivity contribution in [1.82, 2.24) is 4.31 Å². The van der Waals surface area contributed by atoms with Crippen LogP contribution in [-0.4, -0.2) is 43.9 Å². The van der Waals surface area contributed by atoms with E-state index >= 15 is 0 Å². The number of halogens is 1. The maximum atomic E-state index is 13.4. The topological polar surface area (TPSA) is 63.4 Å². The summed E-state index contributed by atoms with van der Waals surface area (Å²) in [6.45, 7) is 1.04. The SMILES string of the molecule is NCC#Cc1cc(F)ccc1S(=O)(=O)N1CCCSCC1. The molecule has 0 spiro atoms. The van der Waals surface area contributed by atoms with E-state index in [-0.39, 0.29) is 17.0 Å². The first-order valence-corrected chi connectivity index (χ1v) is 9.21. The molecule has 0 atom stereocenters. The Hall–Kier alpha value is -1.07. The van der Waals surface area contributed by atoms with Crippen LogP contribution in [0.5, 0.6) is 0 Å². The third kappa shape index (κ3) is 3.98. The van der Waals surface area contributed by atoms with Crippen LogP contribution in [0.1, 0.15) is 12.0 Å². The Morgan fingerprint density at radius 3 is 2.90 bits per heavy atom. The molecule has 0 aromatic heterocycles. The maximum Gasteiger partial charge on any atom is 0.244 e. The summed E-state index contributed by atoms with van der Waals surface area (Å²) in [5.74, 6) is 6.44. The van der Waals surface area contributed by atoms with Gasteiger partial charge in [-0.1, -0.05) is 11.8 Å². The summed E-state index contributed by atoms with van der Waals surface area (Å²) in [4.78, 5) is 0.0525. The van der Waals surface area contributed by atoms with E-state index in [2.05, 4.69) is 11.8 Å². The van der Waals surface area contributed by atoms with Crippen LogP contribution in [0.15, 0.2) is 23.1 Å². The molecule has 2 N–H and O–H groups in total. The van der Waals surface area contributed by atoms with Gasteiger partial charge in [-0.3, -0.25) is 0 Å². The van der Waals surface area contributed by atoms with Crippen molar-refractivity contribution in [2.75, 3.05) is 31.1 Å². The van der Waals surface area contributed by atoms with E-state index in [1.54, 1.807) is 11.8 Å². The molecule has 1 aromatic rings. The highest BCUT2D eigenvalue weighted by molar-refractivity contribution is 7.99. The van der Waals surface area contributed by atoms with Crippen LogP contribution in [0.4, 0.5) is 4.39 Å². The molecule has 1 aromatic carbocycles. The Labute approximate surface area is 128 Å². The van der Waals surface area contributed by atoms with E-state index in [1.807, 2.05) is 0 Å². The van der Waals surface area contributed by atoms with Crippen LogP contribution in [0, 0.1) is 17.7 Å². The Morgan fingerprint density at radius 1 is 1.33 bits per heavy atom. The predicted octanol–water partition coefficient (Wildman–Crippen LogP) is 1.26. The van der Waals surface area contributed by atoms with Gasteiger partial charge < -0.3 is 5.73 Å². The Kier molecular flexibility index (Phi) is 5.65. The van der Waals surface area contributed by atoms with E-state index < -0.39 is 15.8 Å². The number of hydrogen-bond acceptors (Lipinski definition) is 4. The summed E-state index contributed by atoms with van der Waals surface area (Å²) in [6, 6.07) is 3.57. The molecular weight excluding hydrogens is 311 g/mol. The summed E-state index contributed by atoms with van der Waals surface area (Å²) in [5.41, 5.74) is 5.47. The van der Waals surface area contributed by atoms with Crippen molar-refractivity contribution >= 4 is 21.8 Å². The fourth-order valence-electron chi connectivity index (χ4n) is 2.07. The standard InChI is InChI=1S/C14H17FN2O2S2/c15-13-4-5-14(12(11-13)3-1-6-16)21(18,19)17-7-2-9-20-10-8-17/h4-5,11H,2,6-10,16H2. The van der Waals surface area contributed by atoms with Crippen LogP contribution >= 0.6 is 11.8 Å². The molecule has 1 aliphatic rings. The first-order chi connectivity index (χ1) is 10.1. The van der Waals surface area contributed by atoms with Gasteiger partial charge in [-0.25, -0.2) is 12.8 Å². The summed E-state index contributed by atoms with van der Waals surface area (Å²) >= 11 is 1.74. The van der Waals surface area contributed by atoms with E-state index in [4.69, 9.17) is 5.73 Å². The van der Waals surface area contributed by atoms with Crippen LogP contribution in [-0.2, 0) is 10.0 Å². The zero-order chi connectivity index (χ0) is 15.3. The first-order valence-electron chi connectivity index (χ1n) is 6.62. The average molecular weight is 328 g/mol. The molecule has 2 rings (SSSR count). The lowest BCUT2D eigenvalue weighted by molar-refractivity contribution is 0.434. The van der Waals surface area contributed by atoms with Crippen molar-refractivity contribution in [2.45, 2.75) is 11.3 Å². The van der Waals surface area contributed by atoms with Gasteiger partial charge in [-0.2, -0.15) is 16.1 Å². The minimum absolute atomic E-state index is 0.0525. The van der Waals surface area contributed by atoms with Crippen molar-refractivity contribution < 1.29 is 12.8 Å². The molecule has 21 heavy (non-hydrogen) atoms.